The number of nitrogens with one attached hydrogen (secondary N) is 3. The fourth-order valence-electron chi connectivity index (χ4n) is 10.6. The Balaban J connectivity index is 0.893. The van der Waals surface area contributed by atoms with E-state index in [0.717, 1.165) is 73.0 Å². The molecule has 3 aliphatic rings. The zero-order valence-electron chi connectivity index (χ0n) is 44.6. The van der Waals surface area contributed by atoms with E-state index in [-0.39, 0.29) is 24.3 Å². The molecule has 3 aliphatic heterocycles. The van der Waals surface area contributed by atoms with Gasteiger partial charge in [-0.25, -0.2) is 4.79 Å². The topological polar surface area (TPSA) is 182 Å². The number of benzene rings is 4. The summed E-state index contributed by atoms with van der Waals surface area (Å²) in [6, 6.07) is 21.1. The molecule has 4 aromatic carbocycles. The van der Waals surface area contributed by atoms with Gasteiger partial charge in [0.05, 0.1) is 31.3 Å². The molecule has 15 heteroatoms. The first kappa shape index (κ1) is 55.6. The highest BCUT2D eigenvalue weighted by Crippen LogP contribution is 2.38. The van der Waals surface area contributed by atoms with Gasteiger partial charge in [0.15, 0.2) is 18.1 Å². The van der Waals surface area contributed by atoms with Gasteiger partial charge < -0.3 is 39.8 Å². The molecule has 5 amide bonds. The number of carbonyl (C=O) groups is 6. The predicted octanol–water partition coefficient (Wildman–Crippen LogP) is 9.76. The van der Waals surface area contributed by atoms with Crippen molar-refractivity contribution in [3.8, 4) is 17.2 Å². The van der Waals surface area contributed by atoms with E-state index in [1.165, 1.54) is 11.1 Å². The third kappa shape index (κ3) is 13.6. The van der Waals surface area contributed by atoms with Crippen LogP contribution in [-0.2, 0) is 30.3 Å². The van der Waals surface area contributed by atoms with Gasteiger partial charge in [-0.05, 0) is 137 Å². The van der Waals surface area contributed by atoms with Crippen LogP contribution in [0.15, 0.2) is 85.1 Å². The SMILES string of the molecule is C=C1CCC(N2C(=O)c3cccc(NCCCCCCCCNC(=O)COc4ccccc4C(CCc4ccc(C)c(C)c4)OC(=O)[C@@H]4CCCCN4C(=O)[C@@H](CC)c4cc(C)c(OC)c(OC)c4)c3C2=O)C(=O)N1. The molecule has 2 unspecified atom stereocenters. The Morgan fingerprint density at radius 2 is 1.56 bits per heavy atom. The third-order valence-corrected chi connectivity index (χ3v) is 14.8. The second-order valence-corrected chi connectivity index (χ2v) is 20.0. The van der Waals surface area contributed by atoms with Crippen LogP contribution in [0.5, 0.6) is 17.2 Å². The van der Waals surface area contributed by atoms with Crippen molar-refractivity contribution in [3.05, 3.63) is 130 Å². The minimum absolute atomic E-state index is 0.127. The molecule has 0 bridgehead atoms. The van der Waals surface area contributed by atoms with Crippen LogP contribution in [0, 0.1) is 20.8 Å². The number of esters is 1. The van der Waals surface area contributed by atoms with Crippen LogP contribution in [0.1, 0.15) is 157 Å². The van der Waals surface area contributed by atoms with Crippen LogP contribution in [0.3, 0.4) is 0 Å². The number of carbonyl (C=O) groups excluding carboxylic acids is 6. The van der Waals surface area contributed by atoms with Gasteiger partial charge in [0.2, 0.25) is 11.8 Å². The number of imide groups is 1. The van der Waals surface area contributed by atoms with E-state index >= 15 is 0 Å². The molecule has 2 fully saturated rings. The van der Waals surface area contributed by atoms with Crippen LogP contribution < -0.4 is 30.2 Å². The number of nitrogens with zero attached hydrogens (tertiary/aromatic N) is 2. The first-order valence-electron chi connectivity index (χ1n) is 26.8. The molecule has 7 rings (SSSR count). The summed E-state index contributed by atoms with van der Waals surface area (Å²) in [6.45, 7) is 13.2. The van der Waals surface area contributed by atoms with Gasteiger partial charge in [0, 0.05) is 36.6 Å². The number of fused-ring (bicyclic) bond motifs is 1. The summed E-state index contributed by atoms with van der Waals surface area (Å²) in [6.07, 6.45) is 9.35. The smallest absolute Gasteiger partial charge is 0.329 e. The summed E-state index contributed by atoms with van der Waals surface area (Å²) < 4.78 is 23.9. The van der Waals surface area contributed by atoms with Crippen molar-refractivity contribution in [2.75, 3.05) is 45.8 Å². The number of para-hydroxylation sites is 1. The maximum absolute atomic E-state index is 14.5. The molecule has 75 heavy (non-hydrogen) atoms. The predicted molar refractivity (Wildman–Crippen MR) is 288 cm³/mol. The maximum atomic E-state index is 14.5. The molecular formula is C60H75N5O10. The first-order chi connectivity index (χ1) is 36.2. The van der Waals surface area contributed by atoms with Crippen molar-refractivity contribution >= 4 is 41.2 Å². The Bertz CT molecular complexity index is 2740. The average molecular weight is 1030 g/mol. The minimum Gasteiger partial charge on any atom is -0.493 e. The van der Waals surface area contributed by atoms with Crippen molar-refractivity contribution < 1.29 is 47.7 Å². The quantitative estimate of drug-likeness (QED) is 0.0327. The first-order valence-corrected chi connectivity index (χ1v) is 26.8. The van der Waals surface area contributed by atoms with Crippen molar-refractivity contribution in [1.29, 1.82) is 0 Å². The van der Waals surface area contributed by atoms with Crippen LogP contribution in [-0.4, -0.2) is 97.8 Å². The highest BCUT2D eigenvalue weighted by atomic mass is 16.5. The van der Waals surface area contributed by atoms with Gasteiger partial charge in [0.25, 0.3) is 17.7 Å². The van der Waals surface area contributed by atoms with E-state index in [0.29, 0.717) is 103 Å². The zero-order chi connectivity index (χ0) is 53.6. The number of likely N-dealkylation sites (tertiary alicyclic amines) is 1. The van der Waals surface area contributed by atoms with Gasteiger partial charge >= 0.3 is 5.97 Å². The van der Waals surface area contributed by atoms with E-state index in [1.807, 2.05) is 44.2 Å². The second kappa shape index (κ2) is 26.4. The number of ether oxygens (including phenoxy) is 4. The van der Waals surface area contributed by atoms with E-state index in [1.54, 1.807) is 43.4 Å². The lowest BCUT2D eigenvalue weighted by atomic mass is 9.91. The van der Waals surface area contributed by atoms with Crippen LogP contribution in [0.4, 0.5) is 5.69 Å². The number of hydrogen-bond acceptors (Lipinski definition) is 11. The highest BCUT2D eigenvalue weighted by Gasteiger charge is 2.45. The van der Waals surface area contributed by atoms with Crippen LogP contribution >= 0.6 is 0 Å². The molecule has 3 N–H and O–H groups in total. The molecule has 4 aromatic rings. The van der Waals surface area contributed by atoms with Gasteiger partial charge in [-0.1, -0.05) is 87.7 Å². The lowest BCUT2D eigenvalue weighted by Crippen LogP contribution is -2.51. The monoisotopic (exact) mass is 1030 g/mol. The summed E-state index contributed by atoms with van der Waals surface area (Å²) in [5.41, 5.74) is 7.58. The summed E-state index contributed by atoms with van der Waals surface area (Å²) >= 11 is 0. The van der Waals surface area contributed by atoms with Crippen molar-refractivity contribution in [2.24, 2.45) is 0 Å². The third-order valence-electron chi connectivity index (χ3n) is 14.8. The van der Waals surface area contributed by atoms with Gasteiger partial charge in [-0.3, -0.25) is 28.9 Å². The molecule has 3 heterocycles. The van der Waals surface area contributed by atoms with E-state index in [9.17, 15) is 28.8 Å². The number of allylic oxidation sites excluding steroid dienone is 1. The number of aryl methyl sites for hydroxylation is 4. The fourth-order valence-corrected chi connectivity index (χ4v) is 10.6. The lowest BCUT2D eigenvalue weighted by Gasteiger charge is -2.37. The Kier molecular flexibility index (Phi) is 19.5. The minimum atomic E-state index is -0.855. The maximum Gasteiger partial charge on any atom is 0.329 e. The molecule has 0 aliphatic carbocycles. The van der Waals surface area contributed by atoms with E-state index < -0.39 is 41.9 Å². The number of unbranched alkanes of at least 4 members (excludes halogenated alkanes) is 5. The number of hydrogen-bond donors (Lipinski definition) is 3. The number of piperidine rings is 2. The van der Waals surface area contributed by atoms with Crippen molar-refractivity contribution in [1.82, 2.24) is 20.4 Å². The number of anilines is 1. The molecule has 400 valence electrons. The van der Waals surface area contributed by atoms with Crippen molar-refractivity contribution in [3.63, 3.8) is 0 Å². The number of methoxy groups -OCH3 is 2. The Morgan fingerprint density at radius 3 is 2.29 bits per heavy atom. The summed E-state index contributed by atoms with van der Waals surface area (Å²) in [5, 5.41) is 8.99. The van der Waals surface area contributed by atoms with Crippen LogP contribution in [0.25, 0.3) is 0 Å². The van der Waals surface area contributed by atoms with E-state index in [4.69, 9.17) is 18.9 Å². The molecule has 0 aromatic heterocycles. The number of rotatable bonds is 25. The second-order valence-electron chi connectivity index (χ2n) is 20.0. The lowest BCUT2D eigenvalue weighted by molar-refractivity contribution is -0.162. The average Bonchev–Trinajstić information content (AvgIpc) is 3.66. The summed E-state index contributed by atoms with van der Waals surface area (Å²) in [5.74, 6) is -1.02. The summed E-state index contributed by atoms with van der Waals surface area (Å²) in [7, 11) is 3.17. The molecule has 0 radical (unpaired) electrons. The van der Waals surface area contributed by atoms with E-state index in [2.05, 4.69) is 54.6 Å². The molecular weight excluding hydrogens is 951 g/mol. The van der Waals surface area contributed by atoms with Gasteiger partial charge in [-0.2, -0.15) is 0 Å². The highest BCUT2D eigenvalue weighted by molar-refractivity contribution is 6.25. The Hall–Kier alpha value is -7.16. The molecule has 15 nitrogen and oxygen atoms in total. The molecule has 0 saturated carbocycles. The normalized spacial score (nSPS) is 17.2. The fraction of sp³-hybridized carbons (Fsp3) is 0.467. The number of amides is 5. The van der Waals surface area contributed by atoms with Gasteiger partial charge in [0.1, 0.15) is 23.9 Å². The van der Waals surface area contributed by atoms with Crippen molar-refractivity contribution in [2.45, 2.75) is 142 Å². The standard InChI is InChI=1S/C60H75N5O10/c1-8-44(43-35-40(4)55(73-7)52(36-43)72-6)57(68)64-33-18-15-23-49(64)60(71)75-51(30-28-42-27-25-38(2)39(3)34-42)45-20-13-14-24-50(45)74-37-53(66)62-32-17-12-10-9-11-16-31-61-47-22-19-21-46-54(47)59(70)65(58(46)69)48-29-26-41(5)63-56(48)67/h13-14,19-22,24-25,27,34-36,44,48-49,51,61H,5,8-12,15-18,23,26,28-33,37H2,1-4,6-7H3,(H,62,66)(H,63,67)/t44-,48?,49-,51?/m0/s1. The molecule has 4 atom stereocenters. The summed E-state index contributed by atoms with van der Waals surface area (Å²) in [4.78, 5) is 84.3. The molecule has 0 spiro atoms. The molecule has 2 saturated heterocycles. The van der Waals surface area contributed by atoms with Crippen LogP contribution in [0.2, 0.25) is 0 Å². The Labute approximate surface area is 442 Å². The van der Waals surface area contributed by atoms with Gasteiger partial charge in [-0.15, -0.1) is 0 Å². The Morgan fingerprint density at radius 1 is 0.800 bits per heavy atom. The zero-order valence-corrected chi connectivity index (χ0v) is 44.6. The largest absolute Gasteiger partial charge is 0.493 e.